The van der Waals surface area contributed by atoms with Crippen LogP contribution in [0.4, 0.5) is 0 Å². The molecule has 2 aliphatic heterocycles. The normalized spacial score (nSPS) is 26.2. The fourth-order valence-electron chi connectivity index (χ4n) is 4.09. The van der Waals surface area contributed by atoms with E-state index in [1.807, 2.05) is 4.90 Å². The van der Waals surface area contributed by atoms with Crippen molar-refractivity contribution in [3.8, 4) is 0 Å². The summed E-state index contributed by atoms with van der Waals surface area (Å²) in [6.07, 6.45) is 6.63. The van der Waals surface area contributed by atoms with Gasteiger partial charge in [0.2, 0.25) is 5.91 Å². The Balaban J connectivity index is 1.57. The fraction of sp³-hybridized carbons (Fsp3) is 0.706. The number of nitrogens with zero attached hydrogens (tertiary/aromatic N) is 3. The van der Waals surface area contributed by atoms with Gasteiger partial charge in [-0.05, 0) is 45.4 Å². The molecule has 1 saturated heterocycles. The third-order valence-corrected chi connectivity index (χ3v) is 6.50. The van der Waals surface area contributed by atoms with Crippen LogP contribution in [0.5, 0.6) is 0 Å². The molecule has 1 aromatic rings. The fourth-order valence-corrected chi connectivity index (χ4v) is 5.24. The van der Waals surface area contributed by atoms with Gasteiger partial charge in [-0.25, -0.2) is 4.98 Å². The van der Waals surface area contributed by atoms with Crippen molar-refractivity contribution in [3.63, 3.8) is 0 Å². The summed E-state index contributed by atoms with van der Waals surface area (Å²) in [6, 6.07) is 0.308. The molecule has 3 aliphatic rings. The van der Waals surface area contributed by atoms with Gasteiger partial charge >= 0.3 is 0 Å². The molecule has 1 amide bonds. The van der Waals surface area contributed by atoms with E-state index in [2.05, 4.69) is 11.9 Å². The highest BCUT2D eigenvalue weighted by molar-refractivity contribution is 7.99. The molecular formula is C17H23N3O2S. The molecule has 0 bridgehead atoms. The molecule has 3 heterocycles. The summed E-state index contributed by atoms with van der Waals surface area (Å²) in [6.45, 7) is 3.00. The highest BCUT2D eigenvalue weighted by Gasteiger charge is 2.33. The number of carbonyl (C=O) groups is 1. The number of hydrogen-bond acceptors (Lipinski definition) is 4. The van der Waals surface area contributed by atoms with E-state index in [1.165, 1.54) is 6.42 Å². The van der Waals surface area contributed by atoms with Crippen molar-refractivity contribution < 1.29 is 4.79 Å². The van der Waals surface area contributed by atoms with Crippen molar-refractivity contribution in [1.29, 1.82) is 0 Å². The van der Waals surface area contributed by atoms with Crippen LogP contribution in [0, 0.1) is 0 Å². The van der Waals surface area contributed by atoms with Crippen molar-refractivity contribution in [2.75, 3.05) is 12.3 Å². The van der Waals surface area contributed by atoms with Crippen LogP contribution in [-0.4, -0.2) is 38.7 Å². The lowest BCUT2D eigenvalue weighted by molar-refractivity contribution is -0.135. The molecule has 124 valence electrons. The van der Waals surface area contributed by atoms with E-state index in [9.17, 15) is 9.59 Å². The molecule has 0 N–H and O–H groups in total. The summed E-state index contributed by atoms with van der Waals surface area (Å²) in [5.74, 6) is 0.988. The van der Waals surface area contributed by atoms with Gasteiger partial charge in [0.15, 0.2) is 5.16 Å². The summed E-state index contributed by atoms with van der Waals surface area (Å²) < 4.78 is 1.81. The molecule has 5 nitrogen and oxygen atoms in total. The second-order valence-corrected chi connectivity index (χ2v) is 7.94. The van der Waals surface area contributed by atoms with Crippen LogP contribution in [0.15, 0.2) is 9.95 Å². The first-order chi connectivity index (χ1) is 11.1. The number of aryl methyl sites for hydroxylation is 1. The Bertz CT molecular complexity index is 700. The maximum Gasteiger partial charge on any atom is 0.257 e. The van der Waals surface area contributed by atoms with E-state index in [1.54, 1.807) is 16.3 Å². The van der Waals surface area contributed by atoms with Crippen LogP contribution >= 0.6 is 11.8 Å². The van der Waals surface area contributed by atoms with E-state index >= 15 is 0 Å². The molecule has 4 rings (SSSR count). The Morgan fingerprint density at radius 2 is 2.17 bits per heavy atom. The molecular weight excluding hydrogens is 310 g/mol. The number of carbonyl (C=O) groups excluding carboxylic acids is 1. The second kappa shape index (κ2) is 5.96. The lowest BCUT2D eigenvalue weighted by Crippen LogP contribution is -2.43. The molecule has 2 unspecified atom stereocenters. The van der Waals surface area contributed by atoms with Crippen LogP contribution in [0.1, 0.15) is 56.3 Å². The second-order valence-electron chi connectivity index (χ2n) is 6.95. The first kappa shape index (κ1) is 15.2. The zero-order valence-electron chi connectivity index (χ0n) is 13.6. The van der Waals surface area contributed by atoms with Gasteiger partial charge in [0.1, 0.15) is 0 Å². The van der Waals surface area contributed by atoms with Crippen LogP contribution < -0.4 is 5.56 Å². The number of piperidine rings is 1. The van der Waals surface area contributed by atoms with Crippen LogP contribution in [0.3, 0.4) is 0 Å². The smallest absolute Gasteiger partial charge is 0.257 e. The number of thioether (sulfide) groups is 1. The monoisotopic (exact) mass is 333 g/mol. The van der Waals surface area contributed by atoms with Gasteiger partial charge in [-0.1, -0.05) is 11.8 Å². The number of likely N-dealkylation sites (tertiary alicyclic amines) is 1. The van der Waals surface area contributed by atoms with Crippen molar-refractivity contribution in [2.45, 2.75) is 69.1 Å². The Hall–Kier alpha value is -1.30. The van der Waals surface area contributed by atoms with Crippen molar-refractivity contribution in [3.05, 3.63) is 21.6 Å². The number of rotatable bonds is 2. The maximum atomic E-state index is 12.8. The van der Waals surface area contributed by atoms with Gasteiger partial charge < -0.3 is 4.90 Å². The molecule has 2 atom stereocenters. The van der Waals surface area contributed by atoms with E-state index in [4.69, 9.17) is 0 Å². The molecule has 0 radical (unpaired) electrons. The minimum atomic E-state index is -0.0254. The summed E-state index contributed by atoms with van der Waals surface area (Å²) in [7, 11) is 0. The van der Waals surface area contributed by atoms with E-state index in [-0.39, 0.29) is 17.5 Å². The van der Waals surface area contributed by atoms with E-state index in [0.29, 0.717) is 12.5 Å². The average Bonchev–Trinajstić information content (AvgIpc) is 3.15. The van der Waals surface area contributed by atoms with Crippen LogP contribution in [0.25, 0.3) is 0 Å². The lowest BCUT2D eigenvalue weighted by Gasteiger charge is -2.34. The Labute approximate surface area is 140 Å². The molecule has 1 aliphatic carbocycles. The zero-order chi connectivity index (χ0) is 16.0. The highest BCUT2D eigenvalue weighted by atomic mass is 32.2. The average molecular weight is 333 g/mol. The standard InChI is InChI=1S/C17H23N3O2S/c1-11-5-2-3-8-19(11)15(21)9-12-10-23-17-18-14-7-4-6-13(14)16(22)20(12)17/h11-12H,2-10H2,1H3. The summed E-state index contributed by atoms with van der Waals surface area (Å²) >= 11 is 1.63. The maximum absolute atomic E-state index is 12.8. The first-order valence-corrected chi connectivity index (χ1v) is 9.70. The molecule has 0 aromatic carbocycles. The molecule has 1 fully saturated rings. The first-order valence-electron chi connectivity index (χ1n) is 8.71. The number of hydrogen-bond donors (Lipinski definition) is 0. The Morgan fingerprint density at radius 3 is 3.00 bits per heavy atom. The molecule has 1 aromatic heterocycles. The van der Waals surface area contributed by atoms with Crippen molar-refractivity contribution in [2.24, 2.45) is 0 Å². The summed E-state index contributed by atoms with van der Waals surface area (Å²) in [5, 5.41) is 0.820. The zero-order valence-corrected chi connectivity index (χ0v) is 14.4. The minimum absolute atomic E-state index is 0.0254. The molecule has 23 heavy (non-hydrogen) atoms. The highest BCUT2D eigenvalue weighted by Crippen LogP contribution is 2.34. The Kier molecular flexibility index (Phi) is 3.95. The minimum Gasteiger partial charge on any atom is -0.340 e. The molecule has 0 saturated carbocycles. The topological polar surface area (TPSA) is 55.2 Å². The predicted molar refractivity (Wildman–Crippen MR) is 89.9 cm³/mol. The molecule has 6 heteroatoms. The third-order valence-electron chi connectivity index (χ3n) is 5.41. The quantitative estimate of drug-likeness (QED) is 0.779. The van der Waals surface area contributed by atoms with Crippen molar-refractivity contribution >= 4 is 17.7 Å². The largest absolute Gasteiger partial charge is 0.340 e. The summed E-state index contributed by atoms with van der Waals surface area (Å²) in [5.41, 5.74) is 1.99. The number of aromatic nitrogens is 2. The van der Waals surface area contributed by atoms with Crippen molar-refractivity contribution in [1.82, 2.24) is 14.5 Å². The SMILES string of the molecule is CC1CCCCN1C(=O)CC1CSc2nc3c(c(=O)n21)CCC3. The van der Waals surface area contributed by atoms with Crippen LogP contribution in [0.2, 0.25) is 0 Å². The number of amides is 1. The van der Waals surface area contributed by atoms with Gasteiger partial charge in [-0.2, -0.15) is 0 Å². The van der Waals surface area contributed by atoms with Gasteiger partial charge in [0, 0.05) is 30.3 Å². The predicted octanol–water partition coefficient (Wildman–Crippen LogP) is 2.17. The van der Waals surface area contributed by atoms with E-state index in [0.717, 1.165) is 60.8 Å². The van der Waals surface area contributed by atoms with Gasteiger partial charge in [0.25, 0.3) is 5.56 Å². The van der Waals surface area contributed by atoms with Gasteiger partial charge in [0.05, 0.1) is 11.7 Å². The lowest BCUT2D eigenvalue weighted by atomic mass is 10.0. The number of fused-ring (bicyclic) bond motifs is 2. The van der Waals surface area contributed by atoms with Crippen LogP contribution in [-0.2, 0) is 17.6 Å². The molecule has 0 spiro atoms. The summed E-state index contributed by atoms with van der Waals surface area (Å²) in [4.78, 5) is 32.2. The van der Waals surface area contributed by atoms with Gasteiger partial charge in [-0.15, -0.1) is 0 Å². The van der Waals surface area contributed by atoms with Gasteiger partial charge in [-0.3, -0.25) is 14.2 Å². The Morgan fingerprint density at radius 1 is 1.30 bits per heavy atom. The van der Waals surface area contributed by atoms with E-state index < -0.39 is 0 Å². The third kappa shape index (κ3) is 2.61.